The number of amides is 1. The number of nitrogens with one attached hydrogen (secondary N) is 1. The van der Waals surface area contributed by atoms with Crippen molar-refractivity contribution in [2.45, 2.75) is 18.2 Å². The van der Waals surface area contributed by atoms with Crippen LogP contribution in [0.3, 0.4) is 0 Å². The van der Waals surface area contributed by atoms with Crippen LogP contribution in [0.25, 0.3) is 5.69 Å². The van der Waals surface area contributed by atoms with Gasteiger partial charge in [-0.2, -0.15) is 0 Å². The average Bonchev–Trinajstić information content (AvgIpc) is 3.30. The Morgan fingerprint density at radius 1 is 1.09 bits per heavy atom. The molecule has 0 fully saturated rings. The molecule has 180 valence electrons. The molecule has 0 aliphatic rings. The third-order valence-corrected chi connectivity index (χ3v) is 6.14. The van der Waals surface area contributed by atoms with Gasteiger partial charge >= 0.3 is 0 Å². The highest BCUT2D eigenvalue weighted by Crippen LogP contribution is 2.29. The fourth-order valence-electron chi connectivity index (χ4n) is 3.29. The molecule has 1 amide bonds. The van der Waals surface area contributed by atoms with Crippen molar-refractivity contribution in [3.8, 4) is 17.2 Å². The summed E-state index contributed by atoms with van der Waals surface area (Å²) in [5.41, 5.74) is 1.24. The second kappa shape index (κ2) is 11.2. The van der Waals surface area contributed by atoms with Crippen molar-refractivity contribution in [1.29, 1.82) is 0 Å². The number of anilines is 1. The van der Waals surface area contributed by atoms with Gasteiger partial charge in [-0.05, 0) is 49.4 Å². The maximum absolute atomic E-state index is 13.4. The number of carbonyl (C=O) groups excluding carboxylic acids is 1. The van der Waals surface area contributed by atoms with Gasteiger partial charge in [0.15, 0.2) is 17.1 Å². The number of nitrogens with zero attached hydrogens (tertiary/aromatic N) is 3. The minimum absolute atomic E-state index is 0.0606. The molecule has 0 saturated heterocycles. The normalized spacial score (nSPS) is 11.7. The van der Waals surface area contributed by atoms with Gasteiger partial charge in [-0.25, -0.2) is 4.39 Å². The Labute approximate surface area is 211 Å². The van der Waals surface area contributed by atoms with Crippen molar-refractivity contribution in [3.05, 3.63) is 89.5 Å². The third kappa shape index (κ3) is 6.12. The molecule has 10 heteroatoms. The second-order valence-electron chi connectivity index (χ2n) is 7.42. The van der Waals surface area contributed by atoms with E-state index in [9.17, 15) is 9.18 Å². The number of methoxy groups -OCH3 is 1. The van der Waals surface area contributed by atoms with Crippen molar-refractivity contribution in [2.24, 2.45) is 0 Å². The lowest BCUT2D eigenvalue weighted by Gasteiger charge is -2.17. The summed E-state index contributed by atoms with van der Waals surface area (Å²) in [5, 5.41) is 11.8. The van der Waals surface area contributed by atoms with E-state index in [0.29, 0.717) is 28.2 Å². The van der Waals surface area contributed by atoms with Gasteiger partial charge in [-0.1, -0.05) is 47.6 Å². The van der Waals surface area contributed by atoms with E-state index in [4.69, 9.17) is 21.1 Å². The highest BCUT2D eigenvalue weighted by atomic mass is 35.5. The SMILES string of the molecule is COc1cccc(OC(C)c2nnc(SCC(=O)Nc3ccc(F)c(Cl)c3)n2-c2ccccc2)c1. The number of thioether (sulfide) groups is 1. The third-order valence-electron chi connectivity index (χ3n) is 4.93. The minimum atomic E-state index is -0.548. The summed E-state index contributed by atoms with van der Waals surface area (Å²) < 4.78 is 26.6. The van der Waals surface area contributed by atoms with Gasteiger partial charge in [0.2, 0.25) is 5.91 Å². The highest BCUT2D eigenvalue weighted by Gasteiger charge is 2.22. The number of halogens is 2. The standard InChI is InChI=1S/C25H22ClFN4O3S/c1-16(34-20-10-6-9-19(14-20)33-2)24-29-30-25(31(24)18-7-4-3-5-8-18)35-15-23(32)28-17-11-12-22(27)21(26)13-17/h3-14,16H,15H2,1-2H3,(H,28,32). The maximum Gasteiger partial charge on any atom is 0.234 e. The molecule has 4 aromatic rings. The quantitative estimate of drug-likeness (QED) is 0.280. The summed E-state index contributed by atoms with van der Waals surface area (Å²) >= 11 is 7.02. The van der Waals surface area contributed by atoms with Gasteiger partial charge in [0.05, 0.1) is 17.9 Å². The van der Waals surface area contributed by atoms with Gasteiger partial charge in [0.1, 0.15) is 17.3 Å². The van der Waals surface area contributed by atoms with Crippen LogP contribution in [0.4, 0.5) is 10.1 Å². The first-order valence-corrected chi connectivity index (χ1v) is 12.0. The molecular formula is C25H22ClFN4O3S. The molecule has 1 unspecified atom stereocenters. The summed E-state index contributed by atoms with van der Waals surface area (Å²) in [6, 6.07) is 20.9. The number of benzene rings is 3. The smallest absolute Gasteiger partial charge is 0.234 e. The Bertz CT molecular complexity index is 1320. The second-order valence-corrected chi connectivity index (χ2v) is 8.77. The zero-order valence-electron chi connectivity index (χ0n) is 18.9. The fourth-order valence-corrected chi connectivity index (χ4v) is 4.23. The largest absolute Gasteiger partial charge is 0.497 e. The van der Waals surface area contributed by atoms with Crippen LogP contribution >= 0.6 is 23.4 Å². The Hall–Kier alpha value is -3.56. The average molecular weight is 513 g/mol. The fraction of sp³-hybridized carbons (Fsp3) is 0.160. The lowest BCUT2D eigenvalue weighted by Crippen LogP contribution is -2.15. The van der Waals surface area contributed by atoms with Crippen LogP contribution in [0.1, 0.15) is 18.9 Å². The molecule has 0 radical (unpaired) electrons. The number of hydrogen-bond acceptors (Lipinski definition) is 6. The molecule has 7 nitrogen and oxygen atoms in total. The molecule has 1 atom stereocenters. The van der Waals surface area contributed by atoms with Crippen LogP contribution in [0, 0.1) is 5.82 Å². The van der Waals surface area contributed by atoms with Crippen molar-refractivity contribution in [2.75, 3.05) is 18.2 Å². The molecule has 1 N–H and O–H groups in total. The number of aromatic nitrogens is 3. The minimum Gasteiger partial charge on any atom is -0.497 e. The van der Waals surface area contributed by atoms with E-state index in [-0.39, 0.29) is 16.7 Å². The van der Waals surface area contributed by atoms with Crippen LogP contribution in [-0.4, -0.2) is 33.5 Å². The Morgan fingerprint density at radius 3 is 2.60 bits per heavy atom. The summed E-state index contributed by atoms with van der Waals surface area (Å²) in [4.78, 5) is 12.5. The molecule has 0 spiro atoms. The molecular weight excluding hydrogens is 491 g/mol. The van der Waals surface area contributed by atoms with Crippen LogP contribution in [0.2, 0.25) is 5.02 Å². The zero-order chi connectivity index (χ0) is 24.8. The lowest BCUT2D eigenvalue weighted by atomic mass is 10.3. The molecule has 0 saturated carbocycles. The van der Waals surface area contributed by atoms with E-state index in [1.54, 1.807) is 13.2 Å². The molecule has 1 aromatic heterocycles. The van der Waals surface area contributed by atoms with Gasteiger partial charge in [0.25, 0.3) is 0 Å². The summed E-state index contributed by atoms with van der Waals surface area (Å²) in [6.07, 6.45) is -0.445. The van der Waals surface area contributed by atoms with E-state index in [2.05, 4.69) is 15.5 Å². The topological polar surface area (TPSA) is 78.3 Å². The van der Waals surface area contributed by atoms with E-state index in [0.717, 1.165) is 5.69 Å². The van der Waals surface area contributed by atoms with E-state index >= 15 is 0 Å². The van der Waals surface area contributed by atoms with Gasteiger partial charge in [-0.15, -0.1) is 10.2 Å². The summed E-state index contributed by atoms with van der Waals surface area (Å²) in [5.74, 6) is 1.11. The number of hydrogen-bond donors (Lipinski definition) is 1. The first-order chi connectivity index (χ1) is 16.9. The Morgan fingerprint density at radius 2 is 1.86 bits per heavy atom. The van der Waals surface area contributed by atoms with Gasteiger partial charge in [-0.3, -0.25) is 9.36 Å². The zero-order valence-corrected chi connectivity index (χ0v) is 20.5. The molecule has 3 aromatic carbocycles. The molecule has 0 aliphatic heterocycles. The molecule has 35 heavy (non-hydrogen) atoms. The van der Waals surface area contributed by atoms with Crippen LogP contribution in [-0.2, 0) is 4.79 Å². The monoisotopic (exact) mass is 512 g/mol. The number of para-hydroxylation sites is 1. The van der Waals surface area contributed by atoms with Crippen molar-refractivity contribution >= 4 is 35.0 Å². The predicted octanol–water partition coefficient (Wildman–Crippen LogP) is 5.94. The number of carbonyl (C=O) groups is 1. The molecule has 4 rings (SSSR count). The van der Waals surface area contributed by atoms with Crippen molar-refractivity contribution < 1.29 is 18.7 Å². The van der Waals surface area contributed by atoms with Crippen molar-refractivity contribution in [1.82, 2.24) is 14.8 Å². The lowest BCUT2D eigenvalue weighted by molar-refractivity contribution is -0.113. The Kier molecular flexibility index (Phi) is 7.89. The Balaban J connectivity index is 1.53. The summed E-state index contributed by atoms with van der Waals surface area (Å²) in [7, 11) is 1.60. The van der Waals surface area contributed by atoms with Gasteiger partial charge < -0.3 is 14.8 Å². The van der Waals surface area contributed by atoms with Gasteiger partial charge in [0, 0.05) is 17.4 Å². The van der Waals surface area contributed by atoms with E-state index in [1.807, 2.05) is 60.0 Å². The van der Waals surface area contributed by atoms with E-state index in [1.165, 1.54) is 30.0 Å². The van der Waals surface area contributed by atoms with Crippen molar-refractivity contribution in [3.63, 3.8) is 0 Å². The number of ether oxygens (including phenoxy) is 2. The predicted molar refractivity (Wildman–Crippen MR) is 134 cm³/mol. The van der Waals surface area contributed by atoms with Crippen LogP contribution in [0.5, 0.6) is 11.5 Å². The van der Waals surface area contributed by atoms with Crippen LogP contribution in [0.15, 0.2) is 78.0 Å². The first kappa shape index (κ1) is 24.6. The van der Waals surface area contributed by atoms with E-state index < -0.39 is 11.9 Å². The molecule has 0 bridgehead atoms. The molecule has 1 heterocycles. The molecule has 0 aliphatic carbocycles. The first-order valence-electron chi connectivity index (χ1n) is 10.6. The highest BCUT2D eigenvalue weighted by molar-refractivity contribution is 7.99. The van der Waals surface area contributed by atoms with Crippen LogP contribution < -0.4 is 14.8 Å². The maximum atomic E-state index is 13.4. The summed E-state index contributed by atoms with van der Waals surface area (Å²) in [6.45, 7) is 1.88. The number of rotatable bonds is 9.